The van der Waals surface area contributed by atoms with E-state index < -0.39 is 5.97 Å². The molecule has 2 fully saturated rings. The summed E-state index contributed by atoms with van der Waals surface area (Å²) in [5.41, 5.74) is -0.282. The third-order valence-electron chi connectivity index (χ3n) is 4.22. The van der Waals surface area contributed by atoms with Crippen LogP contribution < -0.4 is 0 Å². The third-order valence-corrected chi connectivity index (χ3v) is 4.22. The molecular formula is C14H24N2O4. The van der Waals surface area contributed by atoms with Crippen LogP contribution >= 0.6 is 0 Å². The first-order chi connectivity index (χ1) is 9.45. The van der Waals surface area contributed by atoms with Gasteiger partial charge < -0.3 is 19.6 Å². The lowest BCUT2D eigenvalue weighted by Gasteiger charge is -2.41. The van der Waals surface area contributed by atoms with E-state index in [9.17, 15) is 9.59 Å². The zero-order valence-corrected chi connectivity index (χ0v) is 12.3. The van der Waals surface area contributed by atoms with Crippen molar-refractivity contribution in [1.82, 2.24) is 9.80 Å². The maximum absolute atomic E-state index is 12.6. The van der Waals surface area contributed by atoms with E-state index in [4.69, 9.17) is 9.84 Å². The third kappa shape index (κ3) is 3.62. The summed E-state index contributed by atoms with van der Waals surface area (Å²) >= 11 is 0. The summed E-state index contributed by atoms with van der Waals surface area (Å²) in [5, 5.41) is 8.81. The van der Waals surface area contributed by atoms with Crippen molar-refractivity contribution in [2.24, 2.45) is 0 Å². The van der Waals surface area contributed by atoms with E-state index in [1.54, 1.807) is 12.0 Å². The molecule has 0 spiro atoms. The number of carbonyl (C=O) groups is 2. The summed E-state index contributed by atoms with van der Waals surface area (Å²) in [7, 11) is 1.68. The Bertz CT molecular complexity index is 383. The Balaban J connectivity index is 1.98. The Kier molecular flexibility index (Phi) is 4.52. The number of hydrogen-bond donors (Lipinski definition) is 1. The number of carboxylic acid groups (broad SMARTS) is 1. The van der Waals surface area contributed by atoms with E-state index >= 15 is 0 Å². The Morgan fingerprint density at radius 3 is 2.70 bits per heavy atom. The summed E-state index contributed by atoms with van der Waals surface area (Å²) in [4.78, 5) is 26.9. The number of aliphatic carboxylic acids is 1. The smallest absolute Gasteiger partial charge is 0.320 e. The molecule has 6 nitrogen and oxygen atoms in total. The number of rotatable bonds is 5. The van der Waals surface area contributed by atoms with E-state index in [0.29, 0.717) is 13.1 Å². The molecular weight excluding hydrogens is 260 g/mol. The van der Waals surface area contributed by atoms with Crippen molar-refractivity contribution in [3.05, 3.63) is 0 Å². The van der Waals surface area contributed by atoms with Crippen LogP contribution in [0.15, 0.2) is 0 Å². The predicted molar refractivity (Wildman–Crippen MR) is 73.6 cm³/mol. The number of carboxylic acids is 1. The van der Waals surface area contributed by atoms with E-state index in [-0.39, 0.29) is 24.1 Å². The van der Waals surface area contributed by atoms with Gasteiger partial charge in [-0.2, -0.15) is 0 Å². The lowest BCUT2D eigenvalue weighted by atomic mass is 9.95. The second-order valence-corrected chi connectivity index (χ2v) is 6.03. The van der Waals surface area contributed by atoms with E-state index in [2.05, 4.69) is 0 Å². The van der Waals surface area contributed by atoms with Crippen LogP contribution in [0.5, 0.6) is 0 Å². The summed E-state index contributed by atoms with van der Waals surface area (Å²) in [6, 6.07) is 0.203. The van der Waals surface area contributed by atoms with Crippen molar-refractivity contribution in [2.75, 3.05) is 26.7 Å². The molecule has 6 heteroatoms. The average molecular weight is 284 g/mol. The van der Waals surface area contributed by atoms with Gasteiger partial charge in [0.2, 0.25) is 0 Å². The van der Waals surface area contributed by atoms with Crippen molar-refractivity contribution in [1.29, 1.82) is 0 Å². The number of urea groups is 1. The Labute approximate surface area is 119 Å². The number of amides is 2. The quantitative estimate of drug-likeness (QED) is 0.831. The summed E-state index contributed by atoms with van der Waals surface area (Å²) < 4.78 is 5.51. The molecule has 1 aliphatic heterocycles. The number of ether oxygens (including phenoxy) is 1. The van der Waals surface area contributed by atoms with Gasteiger partial charge in [-0.05, 0) is 32.6 Å². The van der Waals surface area contributed by atoms with Gasteiger partial charge in [-0.3, -0.25) is 4.79 Å². The fraction of sp³-hybridized carbons (Fsp3) is 0.857. The lowest BCUT2D eigenvalue weighted by molar-refractivity contribution is -0.137. The Hall–Kier alpha value is -1.30. The van der Waals surface area contributed by atoms with E-state index in [0.717, 1.165) is 32.2 Å². The normalized spacial score (nSPS) is 26.4. The van der Waals surface area contributed by atoms with Gasteiger partial charge in [0.15, 0.2) is 0 Å². The van der Waals surface area contributed by atoms with Crippen LogP contribution in [0.3, 0.4) is 0 Å². The SMILES string of the molecule is COC1(C)CCCN(C(=O)N(CCC(=O)O)C2CC2)C1. The van der Waals surface area contributed by atoms with E-state index in [1.807, 2.05) is 11.8 Å². The average Bonchev–Trinajstić information content (AvgIpc) is 3.23. The molecule has 0 aromatic carbocycles. The molecule has 1 unspecified atom stereocenters. The fourth-order valence-electron chi connectivity index (χ4n) is 2.75. The molecule has 114 valence electrons. The standard InChI is InChI=1S/C14H24N2O4/c1-14(20-2)7-3-8-15(10-14)13(19)16(11-4-5-11)9-6-12(17)18/h11H,3-10H2,1-2H3,(H,17,18). The first-order valence-electron chi connectivity index (χ1n) is 7.28. The van der Waals surface area contributed by atoms with Crippen molar-refractivity contribution in [2.45, 2.75) is 50.7 Å². The molecule has 2 amide bonds. The molecule has 0 aromatic heterocycles. The van der Waals surface area contributed by atoms with Gasteiger partial charge in [0, 0.05) is 26.2 Å². The van der Waals surface area contributed by atoms with Crippen LogP contribution in [-0.2, 0) is 9.53 Å². The topological polar surface area (TPSA) is 70.1 Å². The van der Waals surface area contributed by atoms with Gasteiger partial charge in [0.05, 0.1) is 18.6 Å². The van der Waals surface area contributed by atoms with Crippen molar-refractivity contribution < 1.29 is 19.4 Å². The maximum atomic E-state index is 12.6. The largest absolute Gasteiger partial charge is 0.481 e. The highest BCUT2D eigenvalue weighted by Crippen LogP contribution is 2.30. The second-order valence-electron chi connectivity index (χ2n) is 6.03. The van der Waals surface area contributed by atoms with Crippen LogP contribution in [0, 0.1) is 0 Å². The zero-order valence-electron chi connectivity index (χ0n) is 12.3. The number of piperidine rings is 1. The molecule has 1 saturated heterocycles. The molecule has 1 N–H and O–H groups in total. The molecule has 0 aromatic rings. The number of carbonyl (C=O) groups excluding carboxylic acids is 1. The summed E-state index contributed by atoms with van der Waals surface area (Å²) in [5.74, 6) is -0.858. The zero-order chi connectivity index (χ0) is 14.8. The van der Waals surface area contributed by atoms with Crippen LogP contribution in [0.25, 0.3) is 0 Å². The molecule has 2 rings (SSSR count). The molecule has 2 aliphatic rings. The molecule has 0 bridgehead atoms. The molecule has 20 heavy (non-hydrogen) atoms. The first-order valence-corrected chi connectivity index (χ1v) is 7.28. The van der Waals surface area contributed by atoms with Gasteiger partial charge in [0.25, 0.3) is 0 Å². The van der Waals surface area contributed by atoms with Gasteiger partial charge >= 0.3 is 12.0 Å². The molecule has 1 heterocycles. The van der Waals surface area contributed by atoms with Gasteiger partial charge in [0.1, 0.15) is 0 Å². The van der Waals surface area contributed by atoms with E-state index in [1.165, 1.54) is 0 Å². The predicted octanol–water partition coefficient (Wildman–Crippen LogP) is 1.55. The van der Waals surface area contributed by atoms with Gasteiger partial charge in [-0.1, -0.05) is 0 Å². The number of likely N-dealkylation sites (tertiary alicyclic amines) is 1. The highest BCUT2D eigenvalue weighted by atomic mass is 16.5. The monoisotopic (exact) mass is 284 g/mol. The minimum Gasteiger partial charge on any atom is -0.481 e. The molecule has 1 saturated carbocycles. The number of methoxy groups -OCH3 is 1. The van der Waals surface area contributed by atoms with Crippen LogP contribution in [-0.4, -0.2) is 65.3 Å². The van der Waals surface area contributed by atoms with Gasteiger partial charge in [-0.25, -0.2) is 4.79 Å². The Morgan fingerprint density at radius 2 is 2.15 bits per heavy atom. The first kappa shape index (κ1) is 15.1. The Morgan fingerprint density at radius 1 is 1.45 bits per heavy atom. The van der Waals surface area contributed by atoms with Crippen LogP contribution in [0.2, 0.25) is 0 Å². The van der Waals surface area contributed by atoms with Crippen molar-refractivity contribution in [3.8, 4) is 0 Å². The molecule has 1 atom stereocenters. The minimum absolute atomic E-state index is 0.0115. The van der Waals surface area contributed by atoms with Crippen LogP contribution in [0.4, 0.5) is 4.79 Å². The summed E-state index contributed by atoms with van der Waals surface area (Å²) in [6.07, 6.45) is 3.86. The molecule has 1 aliphatic carbocycles. The van der Waals surface area contributed by atoms with Crippen molar-refractivity contribution >= 4 is 12.0 Å². The minimum atomic E-state index is -0.858. The van der Waals surface area contributed by atoms with Gasteiger partial charge in [-0.15, -0.1) is 0 Å². The summed E-state index contributed by atoms with van der Waals surface area (Å²) in [6.45, 7) is 3.64. The molecule has 0 radical (unpaired) electrons. The van der Waals surface area contributed by atoms with Crippen molar-refractivity contribution in [3.63, 3.8) is 0 Å². The number of hydrogen-bond acceptors (Lipinski definition) is 3. The highest BCUT2D eigenvalue weighted by molar-refractivity contribution is 5.76. The fourth-order valence-corrected chi connectivity index (χ4v) is 2.75. The highest BCUT2D eigenvalue weighted by Gasteiger charge is 2.39. The maximum Gasteiger partial charge on any atom is 0.320 e. The van der Waals surface area contributed by atoms with Crippen LogP contribution in [0.1, 0.15) is 39.0 Å². The lowest BCUT2D eigenvalue weighted by Crippen LogP contribution is -2.54. The second kappa shape index (κ2) is 5.99. The number of nitrogens with zero attached hydrogens (tertiary/aromatic N) is 2.